The predicted octanol–water partition coefficient (Wildman–Crippen LogP) is 2.75. The molecule has 1 aromatic rings. The molecule has 0 atom stereocenters. The van der Waals surface area contributed by atoms with Crippen LogP contribution in [0.15, 0.2) is 18.2 Å². The number of carbonyl (C=O) groups is 1. The molecule has 0 aromatic heterocycles. The lowest BCUT2D eigenvalue weighted by atomic mass is 10.2. The van der Waals surface area contributed by atoms with Crippen LogP contribution in [-0.4, -0.2) is 20.0 Å². The molecule has 0 unspecified atom stereocenters. The van der Waals surface area contributed by atoms with Crippen molar-refractivity contribution >= 4 is 28.9 Å². The van der Waals surface area contributed by atoms with Gasteiger partial charge in [0.05, 0.1) is 11.4 Å². The summed E-state index contributed by atoms with van der Waals surface area (Å²) in [7, 11) is 3.84. The van der Waals surface area contributed by atoms with Gasteiger partial charge in [-0.3, -0.25) is 4.79 Å². The number of nitrogens with zero attached hydrogens (tertiary/aromatic N) is 1. The van der Waals surface area contributed by atoms with Gasteiger partial charge in [-0.25, -0.2) is 0 Å². The number of amides is 1. The number of benzene rings is 1. The van der Waals surface area contributed by atoms with Crippen molar-refractivity contribution in [2.45, 2.75) is 13.3 Å². The molecule has 4 heteroatoms. The second-order valence-electron chi connectivity index (χ2n) is 3.46. The topological polar surface area (TPSA) is 32.3 Å². The first-order valence-electron chi connectivity index (χ1n) is 4.81. The lowest BCUT2D eigenvalue weighted by Gasteiger charge is -2.17. The van der Waals surface area contributed by atoms with Crippen molar-refractivity contribution in [3.63, 3.8) is 0 Å². The van der Waals surface area contributed by atoms with Crippen LogP contribution in [-0.2, 0) is 4.79 Å². The molecule has 0 heterocycles. The average molecular weight is 227 g/mol. The molecule has 0 bridgehead atoms. The monoisotopic (exact) mass is 226 g/mol. The van der Waals surface area contributed by atoms with E-state index in [1.807, 2.05) is 32.0 Å². The minimum absolute atomic E-state index is 0.0135. The number of hydrogen-bond donors (Lipinski definition) is 1. The van der Waals surface area contributed by atoms with E-state index in [0.29, 0.717) is 11.4 Å². The number of anilines is 2. The maximum absolute atomic E-state index is 11.3. The highest BCUT2D eigenvalue weighted by Crippen LogP contribution is 2.27. The average Bonchev–Trinajstić information content (AvgIpc) is 2.17. The van der Waals surface area contributed by atoms with Crippen LogP contribution in [0.25, 0.3) is 0 Å². The molecule has 0 fully saturated rings. The lowest BCUT2D eigenvalue weighted by molar-refractivity contribution is -0.115. The van der Waals surface area contributed by atoms with Crippen molar-refractivity contribution in [2.75, 3.05) is 24.3 Å². The largest absolute Gasteiger partial charge is 0.376 e. The van der Waals surface area contributed by atoms with E-state index < -0.39 is 0 Å². The number of hydrogen-bond acceptors (Lipinski definition) is 2. The third kappa shape index (κ3) is 3.13. The second kappa shape index (κ2) is 5.03. The quantitative estimate of drug-likeness (QED) is 0.860. The fraction of sp³-hybridized carbons (Fsp3) is 0.364. The molecule has 0 aliphatic carbocycles. The van der Waals surface area contributed by atoms with Gasteiger partial charge in [-0.05, 0) is 18.2 Å². The summed E-state index contributed by atoms with van der Waals surface area (Å²) in [5.74, 6) is -0.0135. The van der Waals surface area contributed by atoms with Gasteiger partial charge >= 0.3 is 0 Å². The van der Waals surface area contributed by atoms with Crippen LogP contribution in [0, 0.1) is 0 Å². The van der Waals surface area contributed by atoms with Crippen LogP contribution >= 0.6 is 11.6 Å². The zero-order valence-electron chi connectivity index (χ0n) is 9.17. The first-order valence-corrected chi connectivity index (χ1v) is 5.19. The van der Waals surface area contributed by atoms with E-state index in [-0.39, 0.29) is 5.91 Å². The molecule has 82 valence electrons. The van der Waals surface area contributed by atoms with Gasteiger partial charge in [0.1, 0.15) is 0 Å². The van der Waals surface area contributed by atoms with E-state index >= 15 is 0 Å². The minimum atomic E-state index is -0.0135. The highest BCUT2D eigenvalue weighted by atomic mass is 35.5. The molecule has 1 amide bonds. The van der Waals surface area contributed by atoms with Crippen molar-refractivity contribution in [3.8, 4) is 0 Å². The Morgan fingerprint density at radius 2 is 2.13 bits per heavy atom. The van der Waals surface area contributed by atoms with E-state index in [2.05, 4.69) is 5.32 Å². The zero-order chi connectivity index (χ0) is 11.4. The Hall–Kier alpha value is -1.22. The van der Waals surface area contributed by atoms with Crippen LogP contribution in [0.3, 0.4) is 0 Å². The van der Waals surface area contributed by atoms with Crippen molar-refractivity contribution < 1.29 is 4.79 Å². The summed E-state index contributed by atoms with van der Waals surface area (Å²) in [6, 6.07) is 5.44. The zero-order valence-corrected chi connectivity index (χ0v) is 9.93. The van der Waals surface area contributed by atoms with Crippen LogP contribution in [0.4, 0.5) is 11.4 Å². The maximum Gasteiger partial charge on any atom is 0.224 e. The maximum atomic E-state index is 11.3. The van der Waals surface area contributed by atoms with Gasteiger partial charge in [0.25, 0.3) is 0 Å². The molecule has 0 aliphatic heterocycles. The van der Waals surface area contributed by atoms with Gasteiger partial charge in [0.15, 0.2) is 0 Å². The summed E-state index contributed by atoms with van der Waals surface area (Å²) in [5, 5.41) is 3.43. The van der Waals surface area contributed by atoms with Crippen LogP contribution in [0.1, 0.15) is 13.3 Å². The molecule has 1 aromatic carbocycles. The fourth-order valence-electron chi connectivity index (χ4n) is 1.24. The van der Waals surface area contributed by atoms with Crippen molar-refractivity contribution in [2.24, 2.45) is 0 Å². The van der Waals surface area contributed by atoms with E-state index in [9.17, 15) is 4.79 Å². The summed E-state index contributed by atoms with van der Waals surface area (Å²) in [6.07, 6.45) is 0.458. The molecular formula is C11H15ClN2O. The summed E-state index contributed by atoms with van der Waals surface area (Å²) in [5.41, 5.74) is 1.69. The number of rotatable bonds is 3. The van der Waals surface area contributed by atoms with Gasteiger partial charge in [-0.15, -0.1) is 0 Å². The van der Waals surface area contributed by atoms with Gasteiger partial charge in [-0.2, -0.15) is 0 Å². The van der Waals surface area contributed by atoms with Crippen molar-refractivity contribution in [3.05, 3.63) is 23.2 Å². The molecule has 15 heavy (non-hydrogen) atoms. The standard InChI is InChI=1S/C11H15ClN2O/c1-4-11(15)13-9-7-8(12)5-6-10(9)14(2)3/h5-7H,4H2,1-3H3,(H,13,15). The molecule has 0 saturated heterocycles. The highest BCUT2D eigenvalue weighted by Gasteiger charge is 2.07. The second-order valence-corrected chi connectivity index (χ2v) is 3.89. The molecular weight excluding hydrogens is 212 g/mol. The summed E-state index contributed by atoms with van der Waals surface area (Å²) in [4.78, 5) is 13.2. The molecule has 0 spiro atoms. The Kier molecular flexibility index (Phi) is 3.97. The third-order valence-electron chi connectivity index (χ3n) is 2.04. The predicted molar refractivity (Wildman–Crippen MR) is 64.7 cm³/mol. The first-order chi connectivity index (χ1) is 7.04. The molecule has 1 N–H and O–H groups in total. The molecule has 0 aliphatic rings. The molecule has 0 saturated carbocycles. The molecule has 1 rings (SSSR count). The fourth-order valence-corrected chi connectivity index (χ4v) is 1.41. The van der Waals surface area contributed by atoms with Gasteiger partial charge in [-0.1, -0.05) is 18.5 Å². The van der Waals surface area contributed by atoms with Crippen LogP contribution in [0.5, 0.6) is 0 Å². The highest BCUT2D eigenvalue weighted by molar-refractivity contribution is 6.31. The van der Waals surface area contributed by atoms with Crippen molar-refractivity contribution in [1.82, 2.24) is 0 Å². The summed E-state index contributed by atoms with van der Waals surface area (Å²) < 4.78 is 0. The number of carbonyl (C=O) groups excluding carboxylic acids is 1. The SMILES string of the molecule is CCC(=O)Nc1cc(Cl)ccc1N(C)C. The third-order valence-corrected chi connectivity index (χ3v) is 2.27. The van der Waals surface area contributed by atoms with E-state index in [1.54, 1.807) is 12.1 Å². The Morgan fingerprint density at radius 1 is 1.47 bits per heavy atom. The van der Waals surface area contributed by atoms with E-state index in [4.69, 9.17) is 11.6 Å². The van der Waals surface area contributed by atoms with E-state index in [1.165, 1.54) is 0 Å². The van der Waals surface area contributed by atoms with E-state index in [0.717, 1.165) is 11.4 Å². The minimum Gasteiger partial charge on any atom is -0.376 e. The van der Waals surface area contributed by atoms with Crippen LogP contribution in [0.2, 0.25) is 5.02 Å². The van der Waals surface area contributed by atoms with Gasteiger partial charge < -0.3 is 10.2 Å². The molecule has 0 radical (unpaired) electrons. The lowest BCUT2D eigenvalue weighted by Crippen LogP contribution is -2.15. The number of halogens is 1. The Labute approximate surface area is 95.0 Å². The smallest absolute Gasteiger partial charge is 0.224 e. The Bertz CT molecular complexity index is 364. The summed E-state index contributed by atoms with van der Waals surface area (Å²) >= 11 is 5.88. The summed E-state index contributed by atoms with van der Waals surface area (Å²) in [6.45, 7) is 1.81. The first kappa shape index (κ1) is 11.9. The number of nitrogens with one attached hydrogen (secondary N) is 1. The normalized spacial score (nSPS) is 9.87. The van der Waals surface area contributed by atoms with Crippen molar-refractivity contribution in [1.29, 1.82) is 0 Å². The Balaban J connectivity index is 3.02. The van der Waals surface area contributed by atoms with Crippen LogP contribution < -0.4 is 10.2 Å². The molecule has 3 nitrogen and oxygen atoms in total. The Morgan fingerprint density at radius 3 is 2.67 bits per heavy atom. The van der Waals surface area contributed by atoms with Gasteiger partial charge in [0.2, 0.25) is 5.91 Å². The van der Waals surface area contributed by atoms with Gasteiger partial charge in [0, 0.05) is 25.5 Å².